The molecule has 0 bridgehead atoms. The molecule has 0 atom stereocenters. The number of carboxylic acid groups (broad SMARTS) is 1. The van der Waals surface area contributed by atoms with Crippen LogP contribution in [0.3, 0.4) is 0 Å². The summed E-state index contributed by atoms with van der Waals surface area (Å²) in [7, 11) is 0. The Kier molecular flexibility index (Phi) is 8.74. The Morgan fingerprint density at radius 3 is 2.34 bits per heavy atom. The van der Waals surface area contributed by atoms with Crippen molar-refractivity contribution >= 4 is 46.8 Å². The summed E-state index contributed by atoms with van der Waals surface area (Å²) in [5, 5.41) is 21.5. The lowest BCUT2D eigenvalue weighted by molar-refractivity contribution is -0.112. The van der Waals surface area contributed by atoms with Crippen LogP contribution in [0.15, 0.2) is 66.2 Å². The topological polar surface area (TPSA) is 109 Å². The fourth-order valence-corrected chi connectivity index (χ4v) is 3.66. The number of amides is 1. The van der Waals surface area contributed by atoms with Crippen molar-refractivity contribution in [3.8, 4) is 17.6 Å². The Balaban J connectivity index is 1.73. The maximum absolute atomic E-state index is 12.6. The van der Waals surface area contributed by atoms with Crippen LogP contribution in [-0.4, -0.2) is 23.6 Å². The Bertz CT molecular complexity index is 1290. The molecule has 0 saturated heterocycles. The van der Waals surface area contributed by atoms with E-state index in [1.165, 1.54) is 30.3 Å². The first-order valence-electron chi connectivity index (χ1n) is 10.4. The van der Waals surface area contributed by atoms with Gasteiger partial charge in [0.05, 0.1) is 22.2 Å². The molecule has 3 rings (SSSR count). The average molecular weight is 511 g/mol. The van der Waals surface area contributed by atoms with Gasteiger partial charge in [0, 0.05) is 11.8 Å². The van der Waals surface area contributed by atoms with E-state index in [0.29, 0.717) is 23.6 Å². The molecule has 0 heterocycles. The van der Waals surface area contributed by atoms with E-state index in [1.54, 1.807) is 36.4 Å². The number of benzene rings is 3. The third kappa shape index (κ3) is 7.00. The second-order valence-electron chi connectivity index (χ2n) is 7.19. The van der Waals surface area contributed by atoms with Crippen LogP contribution in [0.1, 0.15) is 28.4 Å². The number of anilines is 1. The maximum Gasteiger partial charge on any atom is 0.335 e. The van der Waals surface area contributed by atoms with Crippen LogP contribution in [0.2, 0.25) is 10.0 Å². The summed E-state index contributed by atoms with van der Waals surface area (Å²) >= 11 is 12.7. The molecular formula is C26H20Cl2N2O5. The SMILES string of the molecule is CCOc1cccc(NC(=O)/C(C#N)=C\c2cc(Cl)c(OCc3ccc(C(=O)O)cc3)c(Cl)c2)c1. The van der Waals surface area contributed by atoms with Crippen LogP contribution < -0.4 is 14.8 Å². The molecule has 3 aromatic rings. The number of halogens is 2. The van der Waals surface area contributed by atoms with Gasteiger partial charge in [-0.3, -0.25) is 4.79 Å². The molecule has 0 aromatic heterocycles. The molecule has 0 aliphatic heterocycles. The zero-order chi connectivity index (χ0) is 25.4. The van der Waals surface area contributed by atoms with E-state index < -0.39 is 11.9 Å². The van der Waals surface area contributed by atoms with Crippen molar-refractivity contribution in [2.45, 2.75) is 13.5 Å². The van der Waals surface area contributed by atoms with Crippen LogP contribution >= 0.6 is 23.2 Å². The van der Waals surface area contributed by atoms with Gasteiger partial charge in [-0.05, 0) is 60.5 Å². The molecule has 7 nitrogen and oxygen atoms in total. The second kappa shape index (κ2) is 11.9. The quantitative estimate of drug-likeness (QED) is 0.261. The highest BCUT2D eigenvalue weighted by Crippen LogP contribution is 2.35. The third-order valence-electron chi connectivity index (χ3n) is 4.68. The van der Waals surface area contributed by atoms with Crippen LogP contribution in [-0.2, 0) is 11.4 Å². The zero-order valence-corrected chi connectivity index (χ0v) is 20.1. The minimum absolute atomic E-state index is 0.112. The molecule has 0 radical (unpaired) electrons. The second-order valence-corrected chi connectivity index (χ2v) is 8.00. The van der Waals surface area contributed by atoms with Crippen molar-refractivity contribution in [1.82, 2.24) is 0 Å². The van der Waals surface area contributed by atoms with Gasteiger partial charge in [-0.15, -0.1) is 0 Å². The number of nitrogens with zero attached hydrogens (tertiary/aromatic N) is 1. The highest BCUT2D eigenvalue weighted by Gasteiger charge is 2.14. The number of nitriles is 1. The molecule has 2 N–H and O–H groups in total. The van der Waals surface area contributed by atoms with Crippen molar-refractivity contribution in [1.29, 1.82) is 5.26 Å². The summed E-state index contributed by atoms with van der Waals surface area (Å²) in [5.41, 5.74) is 1.67. The number of nitrogens with one attached hydrogen (secondary N) is 1. The summed E-state index contributed by atoms with van der Waals surface area (Å²) in [6, 6.07) is 18.0. The molecule has 0 fully saturated rings. The first-order valence-corrected chi connectivity index (χ1v) is 11.2. The molecule has 0 unspecified atom stereocenters. The molecule has 35 heavy (non-hydrogen) atoms. The first-order chi connectivity index (χ1) is 16.8. The van der Waals surface area contributed by atoms with Gasteiger partial charge in [0.2, 0.25) is 0 Å². The predicted octanol–water partition coefficient (Wildman–Crippen LogP) is 6.21. The highest BCUT2D eigenvalue weighted by molar-refractivity contribution is 6.37. The van der Waals surface area contributed by atoms with Crippen LogP contribution in [0.4, 0.5) is 5.69 Å². The van der Waals surface area contributed by atoms with Crippen LogP contribution in [0.5, 0.6) is 11.5 Å². The molecule has 3 aromatic carbocycles. The lowest BCUT2D eigenvalue weighted by Gasteiger charge is -2.11. The van der Waals surface area contributed by atoms with Crippen molar-refractivity contribution in [3.05, 3.63) is 93.0 Å². The van der Waals surface area contributed by atoms with E-state index in [0.717, 1.165) is 5.56 Å². The summed E-state index contributed by atoms with van der Waals surface area (Å²) in [6.07, 6.45) is 1.37. The summed E-state index contributed by atoms with van der Waals surface area (Å²) < 4.78 is 11.1. The van der Waals surface area contributed by atoms with Gasteiger partial charge in [0.25, 0.3) is 5.91 Å². The number of carbonyl (C=O) groups is 2. The monoisotopic (exact) mass is 510 g/mol. The minimum atomic E-state index is -1.02. The van der Waals surface area contributed by atoms with E-state index in [9.17, 15) is 14.9 Å². The molecule has 0 aliphatic carbocycles. The zero-order valence-electron chi connectivity index (χ0n) is 18.5. The molecule has 178 valence electrons. The van der Waals surface area contributed by atoms with Crippen molar-refractivity contribution in [2.75, 3.05) is 11.9 Å². The maximum atomic E-state index is 12.6. The number of carbonyl (C=O) groups excluding carboxylic acids is 1. The average Bonchev–Trinajstić information content (AvgIpc) is 2.82. The normalized spacial score (nSPS) is 10.9. The van der Waals surface area contributed by atoms with Gasteiger partial charge in [0.15, 0.2) is 5.75 Å². The van der Waals surface area contributed by atoms with Gasteiger partial charge in [-0.1, -0.05) is 41.4 Å². The molecular weight excluding hydrogens is 491 g/mol. The summed E-state index contributed by atoms with van der Waals surface area (Å²) in [4.78, 5) is 23.6. The Morgan fingerprint density at radius 2 is 1.74 bits per heavy atom. The number of aromatic carboxylic acids is 1. The van der Waals surface area contributed by atoms with Crippen LogP contribution in [0, 0.1) is 11.3 Å². The summed E-state index contributed by atoms with van der Waals surface area (Å²) in [5.74, 6) is -0.793. The van der Waals surface area contributed by atoms with Crippen LogP contribution in [0.25, 0.3) is 6.08 Å². The van der Waals surface area contributed by atoms with Crippen molar-refractivity contribution in [2.24, 2.45) is 0 Å². The lowest BCUT2D eigenvalue weighted by atomic mass is 10.1. The van der Waals surface area contributed by atoms with E-state index in [2.05, 4.69) is 5.32 Å². The minimum Gasteiger partial charge on any atom is -0.494 e. The first kappa shape index (κ1) is 25.6. The summed E-state index contributed by atoms with van der Waals surface area (Å²) in [6.45, 7) is 2.45. The fourth-order valence-electron chi connectivity index (χ4n) is 3.04. The van der Waals surface area contributed by atoms with Gasteiger partial charge in [-0.2, -0.15) is 5.26 Å². The molecule has 1 amide bonds. The van der Waals surface area contributed by atoms with Gasteiger partial charge in [-0.25, -0.2) is 4.79 Å². The van der Waals surface area contributed by atoms with E-state index in [1.807, 2.05) is 13.0 Å². The van der Waals surface area contributed by atoms with Gasteiger partial charge in [0.1, 0.15) is 24.0 Å². The van der Waals surface area contributed by atoms with Gasteiger partial charge >= 0.3 is 5.97 Å². The lowest BCUT2D eigenvalue weighted by Crippen LogP contribution is -2.13. The van der Waals surface area contributed by atoms with E-state index >= 15 is 0 Å². The Morgan fingerprint density at radius 1 is 1.06 bits per heavy atom. The molecule has 0 aliphatic rings. The largest absolute Gasteiger partial charge is 0.494 e. The van der Waals surface area contributed by atoms with Crippen molar-refractivity contribution in [3.63, 3.8) is 0 Å². The number of hydrogen-bond donors (Lipinski definition) is 2. The number of carboxylic acids is 1. The molecule has 0 spiro atoms. The van der Waals surface area contributed by atoms with Crippen molar-refractivity contribution < 1.29 is 24.2 Å². The van der Waals surface area contributed by atoms with E-state index in [4.69, 9.17) is 37.8 Å². The fraction of sp³-hybridized carbons (Fsp3) is 0.115. The van der Waals surface area contributed by atoms with Gasteiger partial charge < -0.3 is 19.9 Å². The highest BCUT2D eigenvalue weighted by atomic mass is 35.5. The smallest absolute Gasteiger partial charge is 0.335 e. The van der Waals surface area contributed by atoms with E-state index in [-0.39, 0.29) is 33.5 Å². The number of hydrogen-bond acceptors (Lipinski definition) is 5. The third-order valence-corrected chi connectivity index (χ3v) is 5.25. The Labute approximate surface area is 212 Å². The predicted molar refractivity (Wildman–Crippen MR) is 134 cm³/mol. The Hall–Kier alpha value is -3.99. The number of rotatable bonds is 9. The molecule has 9 heteroatoms. The number of ether oxygens (including phenoxy) is 2. The molecule has 0 saturated carbocycles. The standard InChI is InChI=1S/C26H20Cl2N2O5/c1-2-34-21-5-3-4-20(13-21)30-25(31)19(14-29)10-17-11-22(27)24(23(28)12-17)35-15-16-6-8-18(9-7-16)26(32)33/h3-13H,2,15H2,1H3,(H,30,31)(H,32,33)/b19-10-.